The van der Waals surface area contributed by atoms with Gasteiger partial charge in [0.25, 0.3) is 0 Å². The summed E-state index contributed by atoms with van der Waals surface area (Å²) >= 11 is 0. The standard InChI is InChI=1S/C17H22N4/c1-12(2)10-16(15-8-6-5-7-9-15)20-21-17-18-13(3)11-14(4)19-17/h5-9,11-12H,10H2,1-4H3,(H,18,19,21)/b20-16-. The number of hydrogen-bond acceptors (Lipinski definition) is 4. The van der Waals surface area contributed by atoms with Crippen molar-refractivity contribution in [3.63, 3.8) is 0 Å². The highest BCUT2D eigenvalue weighted by atomic mass is 15.4. The molecule has 4 heteroatoms. The van der Waals surface area contributed by atoms with E-state index in [0.29, 0.717) is 11.9 Å². The second-order valence-corrected chi connectivity index (χ2v) is 5.61. The molecule has 21 heavy (non-hydrogen) atoms. The Kier molecular flexibility index (Phi) is 5.04. The zero-order chi connectivity index (χ0) is 15.2. The van der Waals surface area contributed by atoms with E-state index in [2.05, 4.69) is 46.5 Å². The van der Waals surface area contributed by atoms with Crippen molar-refractivity contribution in [2.75, 3.05) is 5.43 Å². The normalized spacial score (nSPS) is 11.8. The van der Waals surface area contributed by atoms with Crippen LogP contribution >= 0.6 is 0 Å². The number of benzene rings is 1. The van der Waals surface area contributed by atoms with Gasteiger partial charge in [-0.1, -0.05) is 44.2 Å². The van der Waals surface area contributed by atoms with Crippen LogP contribution in [0.25, 0.3) is 0 Å². The first-order valence-corrected chi connectivity index (χ1v) is 7.25. The number of nitrogens with zero attached hydrogens (tertiary/aromatic N) is 3. The molecule has 1 heterocycles. The topological polar surface area (TPSA) is 50.2 Å². The first kappa shape index (κ1) is 15.2. The SMILES string of the molecule is Cc1cc(C)nc(N/N=C(/CC(C)C)c2ccccc2)n1. The number of hydrazone groups is 1. The van der Waals surface area contributed by atoms with Gasteiger partial charge in [0.1, 0.15) is 0 Å². The molecular weight excluding hydrogens is 260 g/mol. The molecule has 0 bridgehead atoms. The van der Waals surface area contributed by atoms with Crippen LogP contribution in [0.5, 0.6) is 0 Å². The Morgan fingerprint density at radius 1 is 1.10 bits per heavy atom. The molecule has 2 rings (SSSR count). The summed E-state index contributed by atoms with van der Waals surface area (Å²) in [5.74, 6) is 1.08. The molecule has 0 aliphatic carbocycles. The summed E-state index contributed by atoms with van der Waals surface area (Å²) in [6.07, 6.45) is 0.905. The fraction of sp³-hybridized carbons (Fsp3) is 0.353. The summed E-state index contributed by atoms with van der Waals surface area (Å²) in [5.41, 5.74) is 7.02. The largest absolute Gasteiger partial charge is 0.245 e. The minimum Gasteiger partial charge on any atom is -0.245 e. The van der Waals surface area contributed by atoms with Gasteiger partial charge in [0.2, 0.25) is 5.95 Å². The van der Waals surface area contributed by atoms with Crippen LogP contribution in [-0.2, 0) is 0 Å². The third kappa shape index (κ3) is 4.67. The molecule has 0 radical (unpaired) electrons. The first-order chi connectivity index (χ1) is 10.0. The average Bonchev–Trinajstić information content (AvgIpc) is 2.43. The van der Waals surface area contributed by atoms with Crippen LogP contribution < -0.4 is 5.43 Å². The van der Waals surface area contributed by atoms with Gasteiger partial charge in [-0.25, -0.2) is 15.4 Å². The molecule has 0 fully saturated rings. The minimum atomic E-state index is 0.533. The van der Waals surface area contributed by atoms with E-state index in [1.165, 1.54) is 0 Å². The van der Waals surface area contributed by atoms with Crippen molar-refractivity contribution in [2.45, 2.75) is 34.1 Å². The highest BCUT2D eigenvalue weighted by molar-refractivity contribution is 6.00. The number of hydrogen-bond donors (Lipinski definition) is 1. The Bertz CT molecular complexity index is 598. The van der Waals surface area contributed by atoms with Crippen LogP contribution in [0.3, 0.4) is 0 Å². The Labute approximate surface area is 126 Å². The Morgan fingerprint density at radius 3 is 2.29 bits per heavy atom. The van der Waals surface area contributed by atoms with Gasteiger partial charge < -0.3 is 0 Å². The molecule has 1 aromatic heterocycles. The van der Waals surface area contributed by atoms with Crippen LogP contribution in [0.4, 0.5) is 5.95 Å². The Hall–Kier alpha value is -2.23. The third-order valence-electron chi connectivity index (χ3n) is 2.98. The van der Waals surface area contributed by atoms with Crippen molar-refractivity contribution >= 4 is 11.7 Å². The number of nitrogens with one attached hydrogen (secondary N) is 1. The van der Waals surface area contributed by atoms with Crippen molar-refractivity contribution in [1.29, 1.82) is 0 Å². The molecule has 2 aromatic rings. The summed E-state index contributed by atoms with van der Waals surface area (Å²) in [7, 11) is 0. The Balaban J connectivity index is 2.24. The van der Waals surface area contributed by atoms with E-state index in [1.807, 2.05) is 38.1 Å². The zero-order valence-corrected chi connectivity index (χ0v) is 13.1. The highest BCUT2D eigenvalue weighted by Gasteiger charge is 2.07. The van der Waals surface area contributed by atoms with Crippen molar-refractivity contribution < 1.29 is 0 Å². The van der Waals surface area contributed by atoms with E-state index in [9.17, 15) is 0 Å². The molecule has 0 unspecified atom stereocenters. The van der Waals surface area contributed by atoms with Crippen LogP contribution in [0, 0.1) is 19.8 Å². The van der Waals surface area contributed by atoms with Crippen LogP contribution in [-0.4, -0.2) is 15.7 Å². The molecule has 1 aromatic carbocycles. The summed E-state index contributed by atoms with van der Waals surface area (Å²) < 4.78 is 0. The van der Waals surface area contributed by atoms with Gasteiger partial charge in [-0.3, -0.25) is 0 Å². The number of aromatic nitrogens is 2. The maximum absolute atomic E-state index is 4.53. The average molecular weight is 282 g/mol. The summed E-state index contributed by atoms with van der Waals surface area (Å²) in [6.45, 7) is 8.28. The molecule has 0 aliphatic heterocycles. The van der Waals surface area contributed by atoms with Crippen molar-refractivity contribution in [3.8, 4) is 0 Å². The Morgan fingerprint density at radius 2 is 1.71 bits per heavy atom. The fourth-order valence-electron chi connectivity index (χ4n) is 2.14. The number of anilines is 1. The van der Waals surface area contributed by atoms with E-state index in [1.54, 1.807) is 0 Å². The lowest BCUT2D eigenvalue weighted by atomic mass is 10.0. The molecule has 0 amide bonds. The van der Waals surface area contributed by atoms with Gasteiger partial charge in [-0.15, -0.1) is 0 Å². The molecular formula is C17H22N4. The van der Waals surface area contributed by atoms with Gasteiger partial charge in [0.15, 0.2) is 0 Å². The highest BCUT2D eigenvalue weighted by Crippen LogP contribution is 2.11. The predicted molar refractivity (Wildman–Crippen MR) is 87.6 cm³/mol. The number of rotatable bonds is 5. The molecule has 4 nitrogen and oxygen atoms in total. The quantitative estimate of drug-likeness (QED) is 0.667. The molecule has 0 spiro atoms. The maximum Gasteiger partial charge on any atom is 0.243 e. The molecule has 0 saturated heterocycles. The molecule has 0 atom stereocenters. The van der Waals surface area contributed by atoms with Gasteiger partial charge in [-0.05, 0) is 37.8 Å². The summed E-state index contributed by atoms with van der Waals surface area (Å²) in [6, 6.07) is 12.2. The van der Waals surface area contributed by atoms with Crippen molar-refractivity contribution in [3.05, 3.63) is 53.3 Å². The van der Waals surface area contributed by atoms with Gasteiger partial charge in [-0.2, -0.15) is 5.10 Å². The predicted octanol–water partition coefficient (Wildman–Crippen LogP) is 3.96. The van der Waals surface area contributed by atoms with Crippen molar-refractivity contribution in [1.82, 2.24) is 9.97 Å². The third-order valence-corrected chi connectivity index (χ3v) is 2.98. The number of aryl methyl sites for hydroxylation is 2. The maximum atomic E-state index is 4.53. The van der Waals surface area contributed by atoms with E-state index in [4.69, 9.17) is 0 Å². The summed E-state index contributed by atoms with van der Waals surface area (Å²) in [4.78, 5) is 8.70. The van der Waals surface area contributed by atoms with Gasteiger partial charge in [0.05, 0.1) is 5.71 Å². The second kappa shape index (κ2) is 6.97. The fourth-order valence-corrected chi connectivity index (χ4v) is 2.14. The molecule has 110 valence electrons. The summed E-state index contributed by atoms with van der Waals surface area (Å²) in [5, 5.41) is 4.53. The monoisotopic (exact) mass is 282 g/mol. The zero-order valence-electron chi connectivity index (χ0n) is 13.1. The molecule has 0 aliphatic rings. The smallest absolute Gasteiger partial charge is 0.243 e. The molecule has 1 N–H and O–H groups in total. The van der Waals surface area contributed by atoms with E-state index < -0.39 is 0 Å². The van der Waals surface area contributed by atoms with E-state index in [0.717, 1.165) is 29.1 Å². The van der Waals surface area contributed by atoms with Crippen molar-refractivity contribution in [2.24, 2.45) is 11.0 Å². The van der Waals surface area contributed by atoms with E-state index >= 15 is 0 Å². The van der Waals surface area contributed by atoms with Crippen LogP contribution in [0.2, 0.25) is 0 Å². The second-order valence-electron chi connectivity index (χ2n) is 5.61. The lowest BCUT2D eigenvalue weighted by Crippen LogP contribution is -2.09. The lowest BCUT2D eigenvalue weighted by Gasteiger charge is -2.10. The van der Waals surface area contributed by atoms with Crippen LogP contribution in [0.15, 0.2) is 41.5 Å². The molecule has 0 saturated carbocycles. The minimum absolute atomic E-state index is 0.533. The lowest BCUT2D eigenvalue weighted by molar-refractivity contribution is 0.683. The van der Waals surface area contributed by atoms with Gasteiger partial charge >= 0.3 is 0 Å². The first-order valence-electron chi connectivity index (χ1n) is 7.25. The van der Waals surface area contributed by atoms with Gasteiger partial charge in [0, 0.05) is 11.4 Å². The van der Waals surface area contributed by atoms with E-state index in [-0.39, 0.29) is 0 Å². The van der Waals surface area contributed by atoms with Crippen LogP contribution in [0.1, 0.15) is 37.2 Å².